The number of hydrogen-bond donors (Lipinski definition) is 1. The molecule has 1 rings (SSSR count). The van der Waals surface area contributed by atoms with Crippen molar-refractivity contribution in [3.63, 3.8) is 0 Å². The van der Waals surface area contributed by atoms with E-state index in [-0.39, 0.29) is 11.3 Å². The van der Waals surface area contributed by atoms with Crippen molar-refractivity contribution < 1.29 is 9.18 Å². The van der Waals surface area contributed by atoms with Gasteiger partial charge >= 0.3 is 0 Å². The van der Waals surface area contributed by atoms with Gasteiger partial charge in [-0.25, -0.2) is 4.39 Å². The van der Waals surface area contributed by atoms with Gasteiger partial charge in [0.2, 0.25) is 0 Å². The van der Waals surface area contributed by atoms with Crippen LogP contribution >= 0.6 is 0 Å². The molecule has 1 N–H and O–H groups in total. The summed E-state index contributed by atoms with van der Waals surface area (Å²) < 4.78 is 13.9. The van der Waals surface area contributed by atoms with Crippen molar-refractivity contribution in [1.82, 2.24) is 5.32 Å². The fourth-order valence-electron chi connectivity index (χ4n) is 2.73. The van der Waals surface area contributed by atoms with E-state index < -0.39 is 11.2 Å². The highest BCUT2D eigenvalue weighted by Crippen LogP contribution is 2.39. The number of nitrogens with one attached hydrogen (secondary N) is 1. The van der Waals surface area contributed by atoms with Crippen LogP contribution in [0.3, 0.4) is 0 Å². The number of ketones is 1. The number of alkyl halides is 1. The molecule has 0 radical (unpaired) electrons. The molecule has 17 heavy (non-hydrogen) atoms. The Morgan fingerprint density at radius 3 is 2.06 bits per heavy atom. The van der Waals surface area contributed by atoms with Crippen molar-refractivity contribution in [2.45, 2.75) is 83.5 Å². The number of carbonyl (C=O) groups excluding carboxylic acids is 1. The number of Topliss-reactive ketones (excluding diaryl/α,β-unsaturated/α-hetero) is 1. The standard InChI is InChI=1S/C14H26FNO/c1-6-11(17)14(16-12(2,3)4)9-7-13(5,15)8-10-14/h16H,6-10H2,1-5H3. The summed E-state index contributed by atoms with van der Waals surface area (Å²) in [6.45, 7) is 9.70. The Bertz CT molecular complexity index is 281. The lowest BCUT2D eigenvalue weighted by Gasteiger charge is -2.45. The first-order valence-corrected chi connectivity index (χ1v) is 6.62. The maximum Gasteiger partial charge on any atom is 0.152 e. The first-order chi connectivity index (χ1) is 7.60. The van der Waals surface area contributed by atoms with Crippen molar-refractivity contribution in [3.8, 4) is 0 Å². The monoisotopic (exact) mass is 243 g/mol. The van der Waals surface area contributed by atoms with Gasteiger partial charge in [0, 0.05) is 12.0 Å². The quantitative estimate of drug-likeness (QED) is 0.823. The molecule has 0 aliphatic heterocycles. The highest BCUT2D eigenvalue weighted by Gasteiger charge is 2.45. The molecule has 0 heterocycles. The van der Waals surface area contributed by atoms with Crippen LogP contribution in [-0.2, 0) is 4.79 Å². The number of rotatable bonds is 3. The molecule has 0 spiro atoms. The predicted octanol–water partition coefficient (Wildman–Crippen LogP) is 3.39. The van der Waals surface area contributed by atoms with Crippen LogP contribution in [0.5, 0.6) is 0 Å². The Morgan fingerprint density at radius 2 is 1.71 bits per heavy atom. The van der Waals surface area contributed by atoms with Crippen LogP contribution in [0, 0.1) is 0 Å². The van der Waals surface area contributed by atoms with Crippen molar-refractivity contribution in [3.05, 3.63) is 0 Å². The first-order valence-electron chi connectivity index (χ1n) is 6.62. The molecule has 2 nitrogen and oxygen atoms in total. The lowest BCUT2D eigenvalue weighted by atomic mass is 9.72. The highest BCUT2D eigenvalue weighted by atomic mass is 19.1. The molecular weight excluding hydrogens is 217 g/mol. The van der Waals surface area contributed by atoms with Gasteiger partial charge in [0.05, 0.1) is 5.54 Å². The number of hydrogen-bond acceptors (Lipinski definition) is 2. The molecule has 0 saturated heterocycles. The second-order valence-corrected chi connectivity index (χ2v) is 6.65. The van der Waals surface area contributed by atoms with E-state index in [4.69, 9.17) is 0 Å². The normalized spacial score (nSPS) is 34.7. The van der Waals surface area contributed by atoms with E-state index >= 15 is 0 Å². The fourth-order valence-corrected chi connectivity index (χ4v) is 2.73. The zero-order chi connectivity index (χ0) is 13.3. The lowest BCUT2D eigenvalue weighted by molar-refractivity contribution is -0.128. The van der Waals surface area contributed by atoms with E-state index in [1.54, 1.807) is 6.92 Å². The fraction of sp³-hybridized carbons (Fsp3) is 0.929. The smallest absolute Gasteiger partial charge is 0.152 e. The van der Waals surface area contributed by atoms with E-state index in [1.165, 1.54) is 0 Å². The Morgan fingerprint density at radius 1 is 1.24 bits per heavy atom. The van der Waals surface area contributed by atoms with Gasteiger partial charge in [-0.1, -0.05) is 6.92 Å². The summed E-state index contributed by atoms with van der Waals surface area (Å²) in [4.78, 5) is 12.2. The number of carbonyl (C=O) groups is 1. The summed E-state index contributed by atoms with van der Waals surface area (Å²) >= 11 is 0. The summed E-state index contributed by atoms with van der Waals surface area (Å²) in [6.07, 6.45) is 2.70. The van der Waals surface area contributed by atoms with E-state index in [0.29, 0.717) is 32.1 Å². The van der Waals surface area contributed by atoms with Crippen molar-refractivity contribution in [2.24, 2.45) is 0 Å². The van der Waals surface area contributed by atoms with Crippen LogP contribution in [0.2, 0.25) is 0 Å². The molecular formula is C14H26FNO. The van der Waals surface area contributed by atoms with Gasteiger partial charge in [0.15, 0.2) is 5.78 Å². The van der Waals surface area contributed by atoms with Gasteiger partial charge in [-0.15, -0.1) is 0 Å². The van der Waals surface area contributed by atoms with Crippen LogP contribution in [0.1, 0.15) is 66.7 Å². The van der Waals surface area contributed by atoms with E-state index in [0.717, 1.165) is 0 Å². The summed E-state index contributed by atoms with van der Waals surface area (Å²) in [5.74, 6) is 0.225. The van der Waals surface area contributed by atoms with Crippen LogP contribution in [0.25, 0.3) is 0 Å². The van der Waals surface area contributed by atoms with Gasteiger partial charge in [0.1, 0.15) is 5.67 Å². The van der Waals surface area contributed by atoms with E-state index in [2.05, 4.69) is 26.1 Å². The van der Waals surface area contributed by atoms with Crippen molar-refractivity contribution in [2.75, 3.05) is 0 Å². The molecule has 1 aliphatic carbocycles. The van der Waals surface area contributed by atoms with E-state index in [9.17, 15) is 9.18 Å². The Kier molecular flexibility index (Phi) is 4.02. The average molecular weight is 243 g/mol. The summed E-state index contributed by atoms with van der Waals surface area (Å²) in [7, 11) is 0. The largest absolute Gasteiger partial charge is 0.300 e. The average Bonchev–Trinajstić information content (AvgIpc) is 2.18. The first kappa shape index (κ1) is 14.6. The summed E-state index contributed by atoms with van der Waals surface area (Å²) in [5, 5.41) is 3.44. The van der Waals surface area contributed by atoms with Gasteiger partial charge in [-0.3, -0.25) is 4.79 Å². The maximum absolute atomic E-state index is 13.9. The number of halogens is 1. The zero-order valence-electron chi connectivity index (χ0n) is 11.8. The SMILES string of the molecule is CCC(=O)C1(NC(C)(C)C)CCC(C)(F)CC1. The topological polar surface area (TPSA) is 29.1 Å². The molecule has 0 aromatic rings. The molecule has 1 fully saturated rings. The third kappa shape index (κ3) is 3.77. The predicted molar refractivity (Wildman–Crippen MR) is 68.9 cm³/mol. The van der Waals surface area contributed by atoms with Gasteiger partial charge < -0.3 is 5.32 Å². The third-order valence-electron chi connectivity index (χ3n) is 3.62. The van der Waals surface area contributed by atoms with Gasteiger partial charge in [-0.2, -0.15) is 0 Å². The summed E-state index contributed by atoms with van der Waals surface area (Å²) in [5.41, 5.74) is -1.72. The summed E-state index contributed by atoms with van der Waals surface area (Å²) in [6, 6.07) is 0. The molecule has 0 amide bonds. The van der Waals surface area contributed by atoms with Crippen molar-refractivity contribution in [1.29, 1.82) is 0 Å². The van der Waals surface area contributed by atoms with Crippen LogP contribution < -0.4 is 5.32 Å². The van der Waals surface area contributed by atoms with Gasteiger partial charge in [0.25, 0.3) is 0 Å². The molecule has 1 saturated carbocycles. The molecule has 0 atom stereocenters. The molecule has 0 aromatic heterocycles. The lowest BCUT2D eigenvalue weighted by Crippen LogP contribution is -2.61. The molecule has 0 bridgehead atoms. The minimum atomic E-state index is -1.10. The van der Waals surface area contributed by atoms with Crippen LogP contribution in [0.15, 0.2) is 0 Å². The van der Waals surface area contributed by atoms with Crippen LogP contribution in [0.4, 0.5) is 4.39 Å². The maximum atomic E-state index is 13.9. The third-order valence-corrected chi connectivity index (χ3v) is 3.62. The minimum Gasteiger partial charge on any atom is -0.300 e. The Hall–Kier alpha value is -0.440. The highest BCUT2D eigenvalue weighted by molar-refractivity contribution is 5.88. The van der Waals surface area contributed by atoms with Crippen LogP contribution in [-0.4, -0.2) is 22.5 Å². The molecule has 100 valence electrons. The second kappa shape index (κ2) is 4.68. The molecule has 0 aromatic carbocycles. The Balaban J connectivity index is 2.86. The van der Waals surface area contributed by atoms with Gasteiger partial charge in [-0.05, 0) is 53.4 Å². The molecule has 3 heteroatoms. The second-order valence-electron chi connectivity index (χ2n) is 6.65. The van der Waals surface area contributed by atoms with Crippen molar-refractivity contribution >= 4 is 5.78 Å². The van der Waals surface area contributed by atoms with E-state index in [1.807, 2.05) is 6.92 Å². The molecule has 0 unspecified atom stereocenters. The Labute approximate surface area is 104 Å². The minimum absolute atomic E-state index is 0.116. The molecule has 1 aliphatic rings. The zero-order valence-corrected chi connectivity index (χ0v) is 11.8.